The maximum atomic E-state index is 11.9. The van der Waals surface area contributed by atoms with Crippen LogP contribution in [0.3, 0.4) is 0 Å². The highest BCUT2D eigenvalue weighted by Gasteiger charge is 2.28. The molecule has 0 saturated carbocycles. The smallest absolute Gasteiger partial charge is 0.262 e. The van der Waals surface area contributed by atoms with Crippen LogP contribution in [0, 0.1) is 0 Å². The van der Waals surface area contributed by atoms with E-state index in [0.717, 1.165) is 0 Å². The van der Waals surface area contributed by atoms with Crippen molar-refractivity contribution in [3.05, 3.63) is 23.8 Å². The Morgan fingerprint density at radius 2 is 2.20 bits per heavy atom. The normalized spacial score (nSPS) is 17.6. The molecule has 0 aliphatic carbocycles. The number of benzene rings is 1. The zero-order valence-electron chi connectivity index (χ0n) is 10.5. The quantitative estimate of drug-likeness (QED) is 0.628. The van der Waals surface area contributed by atoms with E-state index in [2.05, 4.69) is 10.2 Å². The SMILES string of the molecule is CC1C(=O)Nc2ccc(S(=O)(=O)NOCC(N)=O)cc21. The average molecular weight is 299 g/mol. The van der Waals surface area contributed by atoms with Gasteiger partial charge in [0.15, 0.2) is 0 Å². The molecular formula is C11H13N3O5S. The number of nitrogens with one attached hydrogen (secondary N) is 2. The van der Waals surface area contributed by atoms with Gasteiger partial charge in [0.05, 0.1) is 10.8 Å². The maximum absolute atomic E-state index is 11.9. The zero-order valence-corrected chi connectivity index (χ0v) is 11.4. The highest BCUT2D eigenvalue weighted by atomic mass is 32.2. The molecule has 2 amide bonds. The summed E-state index contributed by atoms with van der Waals surface area (Å²) in [6, 6.07) is 4.21. The molecule has 1 aromatic rings. The number of carbonyl (C=O) groups excluding carboxylic acids is 2. The lowest BCUT2D eigenvalue weighted by atomic mass is 10.0. The number of hydrogen-bond donors (Lipinski definition) is 3. The molecule has 0 saturated heterocycles. The summed E-state index contributed by atoms with van der Waals surface area (Å²) >= 11 is 0. The summed E-state index contributed by atoms with van der Waals surface area (Å²) in [6.07, 6.45) is 0. The lowest BCUT2D eigenvalue weighted by molar-refractivity contribution is -0.123. The molecular weight excluding hydrogens is 286 g/mol. The molecule has 9 heteroatoms. The Labute approximate surface area is 115 Å². The van der Waals surface area contributed by atoms with Crippen molar-refractivity contribution in [3.63, 3.8) is 0 Å². The number of hydrogen-bond acceptors (Lipinski definition) is 5. The molecule has 108 valence electrons. The van der Waals surface area contributed by atoms with Crippen molar-refractivity contribution >= 4 is 27.5 Å². The van der Waals surface area contributed by atoms with Crippen molar-refractivity contribution < 1.29 is 22.8 Å². The van der Waals surface area contributed by atoms with Crippen LogP contribution in [0.2, 0.25) is 0 Å². The topological polar surface area (TPSA) is 128 Å². The third kappa shape index (κ3) is 2.79. The van der Waals surface area contributed by atoms with Crippen LogP contribution in [-0.2, 0) is 24.4 Å². The van der Waals surface area contributed by atoms with E-state index in [4.69, 9.17) is 5.73 Å². The van der Waals surface area contributed by atoms with Gasteiger partial charge in [-0.15, -0.1) is 0 Å². The molecule has 2 rings (SSSR count). The molecule has 8 nitrogen and oxygen atoms in total. The molecule has 1 unspecified atom stereocenters. The fourth-order valence-electron chi connectivity index (χ4n) is 1.79. The van der Waals surface area contributed by atoms with Gasteiger partial charge in [0.25, 0.3) is 10.0 Å². The van der Waals surface area contributed by atoms with E-state index in [1.807, 2.05) is 0 Å². The highest BCUT2D eigenvalue weighted by molar-refractivity contribution is 7.89. The van der Waals surface area contributed by atoms with Crippen LogP contribution in [0.4, 0.5) is 5.69 Å². The van der Waals surface area contributed by atoms with Gasteiger partial charge in [0.1, 0.15) is 6.61 Å². The third-order valence-electron chi connectivity index (χ3n) is 2.83. The Kier molecular flexibility index (Phi) is 3.75. The predicted molar refractivity (Wildman–Crippen MR) is 69.0 cm³/mol. The van der Waals surface area contributed by atoms with Crippen LogP contribution in [0.1, 0.15) is 18.4 Å². The zero-order chi connectivity index (χ0) is 14.9. The van der Waals surface area contributed by atoms with Gasteiger partial charge in [-0.3, -0.25) is 14.4 Å². The van der Waals surface area contributed by atoms with E-state index in [9.17, 15) is 18.0 Å². The Bertz CT molecular complexity index is 671. The van der Waals surface area contributed by atoms with Crippen LogP contribution >= 0.6 is 0 Å². The Morgan fingerprint density at radius 1 is 1.50 bits per heavy atom. The summed E-state index contributed by atoms with van der Waals surface area (Å²) in [6.45, 7) is 1.11. The number of nitrogens with two attached hydrogens (primary N) is 1. The van der Waals surface area contributed by atoms with Gasteiger partial charge in [-0.2, -0.15) is 0 Å². The summed E-state index contributed by atoms with van der Waals surface area (Å²) in [5, 5.41) is 2.64. The Balaban J connectivity index is 2.22. The van der Waals surface area contributed by atoms with Gasteiger partial charge >= 0.3 is 0 Å². The standard InChI is InChI=1S/C11H13N3O5S/c1-6-8-4-7(2-3-9(8)13-11(6)16)20(17,18)14-19-5-10(12)15/h2-4,6,14H,5H2,1H3,(H2,12,15)(H,13,16). The minimum atomic E-state index is -3.94. The van der Waals surface area contributed by atoms with Gasteiger partial charge < -0.3 is 11.1 Å². The lowest BCUT2D eigenvalue weighted by Gasteiger charge is -2.08. The van der Waals surface area contributed by atoms with Gasteiger partial charge in [-0.05, 0) is 30.7 Å². The van der Waals surface area contributed by atoms with Gasteiger partial charge in [-0.1, -0.05) is 4.89 Å². The van der Waals surface area contributed by atoms with E-state index >= 15 is 0 Å². The second-order valence-electron chi connectivity index (χ2n) is 4.30. The number of rotatable bonds is 5. The second-order valence-corrected chi connectivity index (χ2v) is 5.95. The fourth-order valence-corrected chi connectivity index (χ4v) is 2.63. The number of carbonyl (C=O) groups is 2. The van der Waals surface area contributed by atoms with Crippen LogP contribution in [0.25, 0.3) is 0 Å². The number of anilines is 1. The van der Waals surface area contributed by atoms with E-state index < -0.39 is 28.5 Å². The highest BCUT2D eigenvalue weighted by Crippen LogP contribution is 2.33. The summed E-state index contributed by atoms with van der Waals surface area (Å²) < 4.78 is 23.8. The monoisotopic (exact) mass is 299 g/mol. The Morgan fingerprint density at radius 3 is 2.85 bits per heavy atom. The first-order valence-electron chi connectivity index (χ1n) is 5.68. The maximum Gasteiger partial charge on any atom is 0.262 e. The van der Waals surface area contributed by atoms with E-state index in [0.29, 0.717) is 11.3 Å². The summed E-state index contributed by atoms with van der Waals surface area (Å²) in [4.78, 5) is 28.2. The third-order valence-corrected chi connectivity index (χ3v) is 4.05. The summed E-state index contributed by atoms with van der Waals surface area (Å²) in [7, 11) is -3.94. The first-order valence-corrected chi connectivity index (χ1v) is 7.16. The van der Waals surface area contributed by atoms with Crippen molar-refractivity contribution in [1.29, 1.82) is 0 Å². The Hall–Kier alpha value is -1.97. The molecule has 0 aromatic heterocycles. The van der Waals surface area contributed by atoms with Crippen LogP contribution in [0.5, 0.6) is 0 Å². The molecule has 0 bridgehead atoms. The van der Waals surface area contributed by atoms with Crippen LogP contribution in [-0.4, -0.2) is 26.8 Å². The van der Waals surface area contributed by atoms with Crippen LogP contribution in [0.15, 0.2) is 23.1 Å². The number of primary amides is 1. The van der Waals surface area contributed by atoms with Crippen molar-refractivity contribution in [2.75, 3.05) is 11.9 Å². The molecule has 1 aliphatic heterocycles. The molecule has 0 fully saturated rings. The first-order chi connectivity index (χ1) is 9.31. The molecule has 1 aliphatic rings. The molecule has 4 N–H and O–H groups in total. The second kappa shape index (κ2) is 5.19. The summed E-state index contributed by atoms with van der Waals surface area (Å²) in [5.74, 6) is -1.41. The molecule has 20 heavy (non-hydrogen) atoms. The predicted octanol–water partition coefficient (Wildman–Crippen LogP) is -0.563. The minimum absolute atomic E-state index is 0.0657. The van der Waals surface area contributed by atoms with Gasteiger partial charge in [0.2, 0.25) is 11.8 Å². The van der Waals surface area contributed by atoms with E-state index in [1.54, 1.807) is 11.8 Å². The molecule has 0 radical (unpaired) electrons. The lowest BCUT2D eigenvalue weighted by Crippen LogP contribution is -2.29. The summed E-state index contributed by atoms with van der Waals surface area (Å²) in [5.41, 5.74) is 6.00. The van der Waals surface area contributed by atoms with Crippen molar-refractivity contribution in [3.8, 4) is 0 Å². The van der Waals surface area contributed by atoms with E-state index in [1.165, 1.54) is 18.2 Å². The molecule has 1 aromatic carbocycles. The van der Waals surface area contributed by atoms with Crippen molar-refractivity contribution in [2.45, 2.75) is 17.7 Å². The molecule has 0 spiro atoms. The van der Waals surface area contributed by atoms with E-state index in [-0.39, 0.29) is 10.8 Å². The van der Waals surface area contributed by atoms with Gasteiger partial charge in [-0.25, -0.2) is 8.42 Å². The number of amides is 2. The fraction of sp³-hybridized carbons (Fsp3) is 0.273. The number of fused-ring (bicyclic) bond motifs is 1. The van der Waals surface area contributed by atoms with Gasteiger partial charge in [0, 0.05) is 5.69 Å². The largest absolute Gasteiger partial charge is 0.368 e. The molecule has 1 heterocycles. The average Bonchev–Trinajstić information content (AvgIpc) is 2.64. The first kappa shape index (κ1) is 14.4. The minimum Gasteiger partial charge on any atom is -0.368 e. The number of sulfonamides is 1. The van der Waals surface area contributed by atoms with Crippen LogP contribution < -0.4 is 15.9 Å². The molecule has 1 atom stereocenters. The van der Waals surface area contributed by atoms with Crippen molar-refractivity contribution in [2.24, 2.45) is 5.73 Å². The van der Waals surface area contributed by atoms with Crippen molar-refractivity contribution in [1.82, 2.24) is 4.89 Å².